The predicted octanol–water partition coefficient (Wildman–Crippen LogP) is 2.40. The zero-order valence-corrected chi connectivity index (χ0v) is 14.4. The highest BCUT2D eigenvalue weighted by atomic mass is 32.1. The Hall–Kier alpha value is -2.20. The molecule has 1 fully saturated rings. The van der Waals surface area contributed by atoms with Gasteiger partial charge in [-0.1, -0.05) is 0 Å². The summed E-state index contributed by atoms with van der Waals surface area (Å²) in [5.41, 5.74) is 0.329. The van der Waals surface area contributed by atoms with E-state index in [1.165, 1.54) is 0 Å². The molecule has 10 heteroatoms. The monoisotopic (exact) mass is 365 g/mol. The van der Waals surface area contributed by atoms with Crippen LogP contribution >= 0.6 is 11.3 Å². The van der Waals surface area contributed by atoms with E-state index in [2.05, 4.69) is 37.0 Å². The van der Waals surface area contributed by atoms with Crippen molar-refractivity contribution in [3.05, 3.63) is 34.5 Å². The smallest absolute Gasteiger partial charge is 0.299 e. The van der Waals surface area contributed by atoms with E-state index in [0.29, 0.717) is 11.5 Å². The average molecular weight is 365 g/mol. The van der Waals surface area contributed by atoms with Gasteiger partial charge in [0, 0.05) is 37.8 Å². The van der Waals surface area contributed by atoms with Crippen LogP contribution in [0, 0.1) is 0 Å². The van der Waals surface area contributed by atoms with Crippen LogP contribution in [-0.2, 0) is 0 Å². The quantitative estimate of drug-likeness (QED) is 0.708. The summed E-state index contributed by atoms with van der Waals surface area (Å²) in [4.78, 5) is 8.85. The molecule has 1 unspecified atom stereocenters. The molecule has 0 aromatic carbocycles. The van der Waals surface area contributed by atoms with Gasteiger partial charge in [0.25, 0.3) is 6.43 Å². The molecule has 4 heterocycles. The lowest BCUT2D eigenvalue weighted by Gasteiger charge is -2.37. The molecule has 1 aliphatic heterocycles. The third-order valence-electron chi connectivity index (χ3n) is 4.46. The van der Waals surface area contributed by atoms with Gasteiger partial charge in [-0.05, 0) is 19.1 Å². The maximum Gasteiger partial charge on any atom is 0.299 e. The second kappa shape index (κ2) is 6.60. The summed E-state index contributed by atoms with van der Waals surface area (Å²) < 4.78 is 27.1. The number of fused-ring (bicyclic) bond motifs is 1. The largest absolute Gasteiger partial charge is 0.353 e. The highest BCUT2D eigenvalue weighted by Gasteiger charge is 2.25. The van der Waals surface area contributed by atoms with Gasteiger partial charge in [-0.2, -0.15) is 4.52 Å². The fraction of sp³-hybridized carbons (Fsp3) is 0.467. The minimum atomic E-state index is -2.70. The summed E-state index contributed by atoms with van der Waals surface area (Å²) in [6, 6.07) is 3.76. The zero-order chi connectivity index (χ0) is 17.4. The van der Waals surface area contributed by atoms with Gasteiger partial charge in [0.05, 0.1) is 6.04 Å². The molecule has 3 aromatic heterocycles. The number of nitrogens with zero attached hydrogens (tertiary/aromatic N) is 7. The normalized spacial score (nSPS) is 17.5. The van der Waals surface area contributed by atoms with E-state index in [9.17, 15) is 8.78 Å². The van der Waals surface area contributed by atoms with Crippen molar-refractivity contribution >= 4 is 22.8 Å². The molecule has 25 heavy (non-hydrogen) atoms. The minimum Gasteiger partial charge on any atom is -0.353 e. The molecule has 1 aliphatic rings. The van der Waals surface area contributed by atoms with Crippen molar-refractivity contribution in [3.8, 4) is 0 Å². The Kier molecular flexibility index (Phi) is 4.30. The lowest BCUT2D eigenvalue weighted by Crippen LogP contribution is -2.47. The SMILES string of the molecule is CC(c1nccs1)N1CCN(c2ccc3nnc(C(F)F)n3n2)CC1. The van der Waals surface area contributed by atoms with E-state index in [1.807, 2.05) is 11.6 Å². The van der Waals surface area contributed by atoms with E-state index >= 15 is 0 Å². The molecule has 0 N–H and O–H groups in total. The van der Waals surface area contributed by atoms with E-state index in [4.69, 9.17) is 0 Å². The zero-order valence-electron chi connectivity index (χ0n) is 13.6. The highest BCUT2D eigenvalue weighted by molar-refractivity contribution is 7.09. The minimum absolute atomic E-state index is 0.279. The summed E-state index contributed by atoms with van der Waals surface area (Å²) >= 11 is 1.66. The van der Waals surface area contributed by atoms with Crippen LogP contribution < -0.4 is 4.90 Å². The summed E-state index contributed by atoms with van der Waals surface area (Å²) in [5, 5.41) is 14.6. The number of halogens is 2. The Balaban J connectivity index is 1.49. The van der Waals surface area contributed by atoms with Crippen LogP contribution in [0.5, 0.6) is 0 Å². The van der Waals surface area contributed by atoms with Crippen LogP contribution in [0.1, 0.15) is 30.2 Å². The first-order chi connectivity index (χ1) is 12.1. The molecule has 4 rings (SSSR count). The van der Waals surface area contributed by atoms with Gasteiger partial charge in [-0.15, -0.1) is 26.6 Å². The molecule has 0 radical (unpaired) electrons. The topological polar surface area (TPSA) is 62.5 Å². The van der Waals surface area contributed by atoms with Gasteiger partial charge < -0.3 is 4.90 Å². The Labute approximate surface area is 146 Å². The lowest BCUT2D eigenvalue weighted by atomic mass is 10.2. The van der Waals surface area contributed by atoms with Crippen molar-refractivity contribution in [2.45, 2.75) is 19.4 Å². The van der Waals surface area contributed by atoms with Crippen LogP contribution in [-0.4, -0.2) is 55.9 Å². The second-order valence-corrected chi connectivity index (χ2v) is 6.82. The molecular formula is C15H17F2N7S. The van der Waals surface area contributed by atoms with E-state index in [0.717, 1.165) is 35.7 Å². The number of alkyl halides is 2. The molecule has 0 aliphatic carbocycles. The Morgan fingerprint density at radius 2 is 1.92 bits per heavy atom. The summed E-state index contributed by atoms with van der Waals surface area (Å²) in [6.07, 6.45) is -0.875. The summed E-state index contributed by atoms with van der Waals surface area (Å²) in [6.45, 7) is 5.44. The van der Waals surface area contributed by atoms with Gasteiger partial charge in [0.2, 0.25) is 5.82 Å². The molecule has 0 amide bonds. The maximum absolute atomic E-state index is 13.0. The molecule has 3 aromatic rings. The number of piperazine rings is 1. The van der Waals surface area contributed by atoms with Crippen LogP contribution in [0.3, 0.4) is 0 Å². The third kappa shape index (κ3) is 3.07. The lowest BCUT2D eigenvalue weighted by molar-refractivity contribution is 0.137. The van der Waals surface area contributed by atoms with E-state index in [-0.39, 0.29) is 6.04 Å². The average Bonchev–Trinajstić information content (AvgIpc) is 3.30. The van der Waals surface area contributed by atoms with Crippen molar-refractivity contribution < 1.29 is 8.78 Å². The maximum atomic E-state index is 13.0. The second-order valence-electron chi connectivity index (χ2n) is 5.89. The standard InChI is InChI=1S/C15H17F2N7S/c1-10(15-18-4-9-25-15)22-5-7-23(8-6-22)12-3-2-11-19-20-14(13(16)17)24(11)21-12/h2-4,9-10,13H,5-8H2,1H3. The number of hydrogen-bond donors (Lipinski definition) is 0. The van der Waals surface area contributed by atoms with Crippen LogP contribution in [0.25, 0.3) is 5.65 Å². The Morgan fingerprint density at radius 3 is 2.60 bits per heavy atom. The fourth-order valence-corrected chi connectivity index (χ4v) is 3.76. The molecule has 7 nitrogen and oxygen atoms in total. The molecule has 0 bridgehead atoms. The summed E-state index contributed by atoms with van der Waals surface area (Å²) in [5.74, 6) is 0.239. The predicted molar refractivity (Wildman–Crippen MR) is 90.1 cm³/mol. The number of aromatic nitrogens is 5. The first kappa shape index (κ1) is 16.3. The van der Waals surface area contributed by atoms with E-state index < -0.39 is 12.2 Å². The molecule has 1 atom stereocenters. The van der Waals surface area contributed by atoms with Gasteiger partial charge in [0.15, 0.2) is 5.65 Å². The van der Waals surface area contributed by atoms with Crippen molar-refractivity contribution in [1.82, 2.24) is 29.7 Å². The van der Waals surface area contributed by atoms with Crippen LogP contribution in [0.2, 0.25) is 0 Å². The Morgan fingerprint density at radius 1 is 1.12 bits per heavy atom. The highest BCUT2D eigenvalue weighted by Crippen LogP contribution is 2.25. The number of rotatable bonds is 4. The van der Waals surface area contributed by atoms with Gasteiger partial charge in [-0.3, -0.25) is 4.90 Å². The molecule has 0 spiro atoms. The molecule has 1 saturated heterocycles. The van der Waals surface area contributed by atoms with Gasteiger partial charge in [-0.25, -0.2) is 13.8 Å². The Bertz CT molecular complexity index is 843. The van der Waals surface area contributed by atoms with Crippen molar-refractivity contribution in [3.63, 3.8) is 0 Å². The number of hydrogen-bond acceptors (Lipinski definition) is 7. The first-order valence-electron chi connectivity index (χ1n) is 8.02. The van der Waals surface area contributed by atoms with Crippen LogP contribution in [0.15, 0.2) is 23.7 Å². The third-order valence-corrected chi connectivity index (χ3v) is 5.41. The van der Waals surface area contributed by atoms with Gasteiger partial charge in [0.1, 0.15) is 10.8 Å². The fourth-order valence-electron chi connectivity index (χ4n) is 3.04. The van der Waals surface area contributed by atoms with Gasteiger partial charge >= 0.3 is 0 Å². The first-order valence-corrected chi connectivity index (χ1v) is 8.90. The van der Waals surface area contributed by atoms with Crippen LogP contribution in [0.4, 0.5) is 14.6 Å². The van der Waals surface area contributed by atoms with Crippen molar-refractivity contribution in [2.75, 3.05) is 31.1 Å². The summed E-state index contributed by atoms with van der Waals surface area (Å²) in [7, 11) is 0. The number of thiazole rings is 1. The molecular weight excluding hydrogens is 348 g/mol. The molecule has 0 saturated carbocycles. The number of anilines is 1. The van der Waals surface area contributed by atoms with Crippen molar-refractivity contribution in [2.24, 2.45) is 0 Å². The van der Waals surface area contributed by atoms with Crippen molar-refractivity contribution in [1.29, 1.82) is 0 Å². The molecule has 132 valence electrons. The van der Waals surface area contributed by atoms with E-state index in [1.54, 1.807) is 23.5 Å².